The van der Waals surface area contributed by atoms with Crippen LogP contribution in [0, 0.1) is 6.92 Å². The van der Waals surface area contributed by atoms with Crippen LogP contribution >= 0.6 is 23.2 Å². The maximum atomic E-state index is 13.0. The summed E-state index contributed by atoms with van der Waals surface area (Å²) in [7, 11) is 3.09. The van der Waals surface area contributed by atoms with Gasteiger partial charge in [0.25, 0.3) is 5.56 Å². The van der Waals surface area contributed by atoms with Crippen molar-refractivity contribution in [2.75, 3.05) is 4.90 Å². The third-order valence-corrected chi connectivity index (χ3v) is 5.99. The molecule has 10 heteroatoms. The van der Waals surface area contributed by atoms with Crippen molar-refractivity contribution in [2.24, 2.45) is 14.1 Å². The van der Waals surface area contributed by atoms with Crippen molar-refractivity contribution in [3.8, 4) is 11.5 Å². The smallest absolute Gasteiger partial charge is 0.330 e. The molecule has 0 unspecified atom stereocenters. The number of allylic oxidation sites excluding steroid dienone is 2. The summed E-state index contributed by atoms with van der Waals surface area (Å²) in [5, 5.41) is 9.05. The van der Waals surface area contributed by atoms with E-state index in [1.165, 1.54) is 11.6 Å². The van der Waals surface area contributed by atoms with Gasteiger partial charge in [-0.3, -0.25) is 13.9 Å². The first-order valence-electron chi connectivity index (χ1n) is 9.49. The SMILES string of the molecule is CC(C)=C(C)N(Cc1nnc(-c2ccc(Cl)c(Cl)c2)o1)c1c(C)n(C)c(=O)n(C)c1=O. The van der Waals surface area contributed by atoms with Gasteiger partial charge in [0.2, 0.25) is 11.8 Å². The van der Waals surface area contributed by atoms with E-state index in [9.17, 15) is 9.59 Å². The molecule has 0 aliphatic heterocycles. The molecule has 0 bridgehead atoms. The van der Waals surface area contributed by atoms with E-state index in [1.54, 1.807) is 37.1 Å². The number of halogens is 2. The monoisotopic (exact) mass is 463 g/mol. The Morgan fingerprint density at radius 1 is 1.06 bits per heavy atom. The van der Waals surface area contributed by atoms with Crippen molar-refractivity contribution in [3.05, 3.63) is 71.9 Å². The summed E-state index contributed by atoms with van der Waals surface area (Å²) in [4.78, 5) is 27.1. The molecule has 2 aromatic heterocycles. The first-order valence-corrected chi connectivity index (χ1v) is 10.2. The fourth-order valence-electron chi connectivity index (χ4n) is 3.07. The lowest BCUT2D eigenvalue weighted by Crippen LogP contribution is -2.42. The molecule has 31 heavy (non-hydrogen) atoms. The zero-order chi connectivity index (χ0) is 23.0. The van der Waals surface area contributed by atoms with E-state index in [-0.39, 0.29) is 18.1 Å². The van der Waals surface area contributed by atoms with Gasteiger partial charge in [-0.2, -0.15) is 0 Å². The lowest BCUT2D eigenvalue weighted by Gasteiger charge is -2.27. The molecular weight excluding hydrogens is 441 g/mol. The van der Waals surface area contributed by atoms with Crippen LogP contribution in [0.3, 0.4) is 0 Å². The van der Waals surface area contributed by atoms with Crippen LogP contribution < -0.4 is 16.1 Å². The van der Waals surface area contributed by atoms with Crippen LogP contribution in [0.15, 0.2) is 43.5 Å². The zero-order valence-electron chi connectivity index (χ0n) is 18.2. The highest BCUT2D eigenvalue weighted by molar-refractivity contribution is 6.42. The predicted molar refractivity (Wildman–Crippen MR) is 122 cm³/mol. The maximum absolute atomic E-state index is 13.0. The Hall–Kier alpha value is -2.84. The fourth-order valence-corrected chi connectivity index (χ4v) is 3.37. The zero-order valence-corrected chi connectivity index (χ0v) is 19.7. The second kappa shape index (κ2) is 8.72. The fraction of sp³-hybridized carbons (Fsp3) is 0.333. The topological polar surface area (TPSA) is 86.2 Å². The lowest BCUT2D eigenvalue weighted by atomic mass is 10.2. The van der Waals surface area contributed by atoms with Gasteiger partial charge in [-0.1, -0.05) is 28.8 Å². The van der Waals surface area contributed by atoms with Crippen LogP contribution in [0.25, 0.3) is 11.5 Å². The Morgan fingerprint density at radius 2 is 1.74 bits per heavy atom. The second-order valence-electron chi connectivity index (χ2n) is 7.44. The highest BCUT2D eigenvalue weighted by Crippen LogP contribution is 2.29. The van der Waals surface area contributed by atoms with Crippen molar-refractivity contribution in [1.82, 2.24) is 19.3 Å². The van der Waals surface area contributed by atoms with Gasteiger partial charge < -0.3 is 9.32 Å². The van der Waals surface area contributed by atoms with Crippen LogP contribution in [-0.4, -0.2) is 19.3 Å². The van der Waals surface area contributed by atoms with Crippen LogP contribution in [0.1, 0.15) is 32.4 Å². The lowest BCUT2D eigenvalue weighted by molar-refractivity contribution is 0.502. The average molecular weight is 464 g/mol. The Labute approximate surface area is 189 Å². The Balaban J connectivity index is 2.09. The van der Waals surface area contributed by atoms with Crippen molar-refractivity contribution >= 4 is 28.9 Å². The first kappa shape index (κ1) is 22.8. The number of hydrogen-bond acceptors (Lipinski definition) is 6. The minimum Gasteiger partial charge on any atom is -0.419 e. The molecule has 3 rings (SSSR count). The Morgan fingerprint density at radius 3 is 2.35 bits per heavy atom. The summed E-state index contributed by atoms with van der Waals surface area (Å²) in [5.74, 6) is 0.588. The molecule has 0 aliphatic rings. The van der Waals surface area contributed by atoms with E-state index in [1.807, 2.05) is 20.8 Å². The van der Waals surface area contributed by atoms with E-state index in [2.05, 4.69) is 10.2 Å². The third-order valence-electron chi connectivity index (χ3n) is 5.25. The molecule has 0 N–H and O–H groups in total. The first-order chi connectivity index (χ1) is 14.5. The quantitative estimate of drug-likeness (QED) is 0.566. The summed E-state index contributed by atoms with van der Waals surface area (Å²) < 4.78 is 8.37. The number of rotatable bonds is 5. The van der Waals surface area contributed by atoms with Crippen molar-refractivity contribution < 1.29 is 4.42 Å². The molecule has 1 aromatic carbocycles. The molecule has 164 valence electrons. The van der Waals surface area contributed by atoms with Crippen LogP contribution in [0.4, 0.5) is 5.69 Å². The molecule has 0 radical (unpaired) electrons. The highest BCUT2D eigenvalue weighted by Gasteiger charge is 2.23. The van der Waals surface area contributed by atoms with E-state index in [4.69, 9.17) is 27.6 Å². The number of hydrogen-bond donors (Lipinski definition) is 0. The standard InChI is InChI=1S/C21H23Cl2N5O3/c1-11(2)12(3)28(18-13(4)26(5)21(30)27(6)20(18)29)10-17-24-25-19(31-17)14-7-8-15(22)16(23)9-14/h7-9H,10H2,1-6H3. The molecule has 2 heterocycles. The molecule has 0 spiro atoms. The molecule has 0 fully saturated rings. The molecule has 0 atom stereocenters. The Kier molecular flexibility index (Phi) is 6.43. The Bertz CT molecular complexity index is 1300. The van der Waals surface area contributed by atoms with E-state index in [0.29, 0.717) is 32.9 Å². The van der Waals surface area contributed by atoms with E-state index >= 15 is 0 Å². The van der Waals surface area contributed by atoms with Crippen molar-refractivity contribution in [3.63, 3.8) is 0 Å². The largest absolute Gasteiger partial charge is 0.419 e. The minimum absolute atomic E-state index is 0.152. The molecule has 3 aromatic rings. The summed E-state index contributed by atoms with van der Waals surface area (Å²) >= 11 is 12.1. The summed E-state index contributed by atoms with van der Waals surface area (Å²) in [5.41, 5.74) is 2.60. The number of aromatic nitrogens is 4. The normalized spacial score (nSPS) is 11.0. The predicted octanol–water partition coefficient (Wildman–Crippen LogP) is 4.07. The summed E-state index contributed by atoms with van der Waals surface area (Å²) in [6, 6.07) is 5.03. The van der Waals surface area contributed by atoms with Crippen molar-refractivity contribution in [1.29, 1.82) is 0 Å². The molecule has 0 saturated heterocycles. The molecule has 8 nitrogen and oxygen atoms in total. The average Bonchev–Trinajstić information content (AvgIpc) is 3.20. The summed E-state index contributed by atoms with van der Waals surface area (Å²) in [6.07, 6.45) is 0. The van der Waals surface area contributed by atoms with Gasteiger partial charge in [0, 0.05) is 31.0 Å². The third kappa shape index (κ3) is 4.31. The maximum Gasteiger partial charge on any atom is 0.330 e. The number of benzene rings is 1. The molecule has 0 saturated carbocycles. The summed E-state index contributed by atoms with van der Waals surface area (Å²) in [6.45, 7) is 7.67. The molecule has 0 aliphatic carbocycles. The minimum atomic E-state index is -0.398. The van der Waals surface area contributed by atoms with Crippen LogP contribution in [0.2, 0.25) is 10.0 Å². The van der Waals surface area contributed by atoms with Crippen LogP contribution in [0.5, 0.6) is 0 Å². The van der Waals surface area contributed by atoms with Gasteiger partial charge in [0.1, 0.15) is 12.2 Å². The second-order valence-corrected chi connectivity index (χ2v) is 8.26. The van der Waals surface area contributed by atoms with E-state index in [0.717, 1.165) is 15.8 Å². The van der Waals surface area contributed by atoms with Crippen molar-refractivity contribution in [2.45, 2.75) is 34.2 Å². The van der Waals surface area contributed by atoms with Gasteiger partial charge in [-0.25, -0.2) is 4.79 Å². The van der Waals surface area contributed by atoms with Gasteiger partial charge in [0.05, 0.1) is 10.0 Å². The van der Waals surface area contributed by atoms with E-state index < -0.39 is 5.56 Å². The van der Waals surface area contributed by atoms with Gasteiger partial charge in [-0.05, 0) is 45.9 Å². The van der Waals surface area contributed by atoms with Gasteiger partial charge in [0.15, 0.2) is 0 Å². The van der Waals surface area contributed by atoms with Gasteiger partial charge >= 0.3 is 5.69 Å². The van der Waals surface area contributed by atoms with Crippen LogP contribution in [-0.2, 0) is 20.6 Å². The number of nitrogens with zero attached hydrogens (tertiary/aromatic N) is 5. The molecular formula is C21H23Cl2N5O3. The highest BCUT2D eigenvalue weighted by atomic mass is 35.5. The number of anilines is 1. The molecule has 0 amide bonds. The van der Waals surface area contributed by atoms with Gasteiger partial charge in [-0.15, -0.1) is 10.2 Å².